The van der Waals surface area contributed by atoms with E-state index in [0.717, 1.165) is 6.42 Å². The Balaban J connectivity index is 1.71. The first-order valence-electron chi connectivity index (χ1n) is 11.4. The standard InChI is InChI=1S/C22H28Cl2N3O9P/c1-4-5-8-32-21(29)14(3)26-37(31,36-17-7-6-15(23)9-16(17)24)34-12-19-33-11-18(35-19)27-10-13(2)20(28)25-22(27)30/h6-7,9-10,14,18-19H,4-5,8,11-12H2,1-3H3,(H,26,31)(H,25,28,30)/t14-,18+,19+,37?/m0/s1. The maximum Gasteiger partial charge on any atom is 0.459 e. The van der Waals surface area contributed by atoms with E-state index in [0.29, 0.717) is 17.0 Å². The minimum absolute atomic E-state index is 0.00477. The highest BCUT2D eigenvalue weighted by Gasteiger charge is 2.36. The predicted octanol–water partition coefficient (Wildman–Crippen LogP) is 3.55. The Bertz CT molecular complexity index is 1270. The normalized spacial score (nSPS) is 19.8. The minimum atomic E-state index is -4.25. The lowest BCUT2D eigenvalue weighted by Crippen LogP contribution is -2.36. The summed E-state index contributed by atoms with van der Waals surface area (Å²) in [6.07, 6.45) is 0.960. The van der Waals surface area contributed by atoms with Gasteiger partial charge >= 0.3 is 19.4 Å². The van der Waals surface area contributed by atoms with Crippen molar-refractivity contribution in [2.24, 2.45) is 0 Å². The number of carbonyl (C=O) groups is 1. The Morgan fingerprint density at radius 2 is 2.11 bits per heavy atom. The lowest BCUT2D eigenvalue weighted by Gasteiger charge is -2.24. The van der Waals surface area contributed by atoms with Crippen LogP contribution in [0, 0.1) is 6.92 Å². The van der Waals surface area contributed by atoms with Crippen molar-refractivity contribution >= 4 is 36.9 Å². The number of esters is 1. The summed E-state index contributed by atoms with van der Waals surface area (Å²) in [7, 11) is -4.25. The van der Waals surface area contributed by atoms with E-state index in [4.69, 9.17) is 46.5 Å². The third-order valence-electron chi connectivity index (χ3n) is 5.13. The molecule has 1 aliphatic heterocycles. The van der Waals surface area contributed by atoms with E-state index in [-0.39, 0.29) is 24.0 Å². The van der Waals surface area contributed by atoms with Crippen LogP contribution in [0.3, 0.4) is 0 Å². The molecule has 0 spiro atoms. The van der Waals surface area contributed by atoms with Gasteiger partial charge in [0.2, 0.25) is 0 Å². The SMILES string of the molecule is CCCCOC(=O)[C@H](C)NP(=O)(OC[C@@H]1OC[C@H](n2cc(C)c(=O)[nH]c2=O)O1)Oc1ccc(Cl)cc1Cl. The van der Waals surface area contributed by atoms with Gasteiger partial charge in [-0.25, -0.2) is 9.36 Å². The van der Waals surface area contributed by atoms with Gasteiger partial charge in [-0.1, -0.05) is 36.5 Å². The predicted molar refractivity (Wildman–Crippen MR) is 135 cm³/mol. The van der Waals surface area contributed by atoms with E-state index >= 15 is 0 Å². The number of nitrogens with one attached hydrogen (secondary N) is 2. The number of hydrogen-bond acceptors (Lipinski definition) is 9. The molecule has 0 bridgehead atoms. The lowest BCUT2D eigenvalue weighted by molar-refractivity contribution is -0.145. The number of carbonyl (C=O) groups excluding carboxylic acids is 1. The topological polar surface area (TPSA) is 147 Å². The van der Waals surface area contributed by atoms with E-state index in [1.165, 1.54) is 35.9 Å². The Hall–Kier alpha value is -2.18. The molecule has 1 aliphatic rings. The summed E-state index contributed by atoms with van der Waals surface area (Å²) in [6.45, 7) is 4.71. The zero-order valence-corrected chi connectivity index (χ0v) is 22.8. The summed E-state index contributed by atoms with van der Waals surface area (Å²) in [6, 6.07) is 3.21. The van der Waals surface area contributed by atoms with Gasteiger partial charge in [0.1, 0.15) is 18.4 Å². The van der Waals surface area contributed by atoms with Gasteiger partial charge in [0.25, 0.3) is 5.56 Å². The van der Waals surface area contributed by atoms with Crippen LogP contribution in [0.15, 0.2) is 34.0 Å². The number of benzene rings is 1. The summed E-state index contributed by atoms with van der Waals surface area (Å²) >= 11 is 12.1. The average Bonchev–Trinajstić information content (AvgIpc) is 3.31. The molecular weight excluding hydrogens is 552 g/mol. The fourth-order valence-corrected chi connectivity index (χ4v) is 5.13. The molecule has 0 amide bonds. The lowest BCUT2D eigenvalue weighted by atomic mass is 10.3. The molecule has 1 fully saturated rings. The Morgan fingerprint density at radius 1 is 1.35 bits per heavy atom. The van der Waals surface area contributed by atoms with Crippen LogP contribution in [0.4, 0.5) is 0 Å². The highest BCUT2D eigenvalue weighted by atomic mass is 35.5. The van der Waals surface area contributed by atoms with E-state index in [9.17, 15) is 18.9 Å². The zero-order valence-electron chi connectivity index (χ0n) is 20.4. The fourth-order valence-electron chi connectivity index (χ4n) is 3.14. The maximum absolute atomic E-state index is 13.6. The van der Waals surface area contributed by atoms with Gasteiger partial charge in [-0.05, 0) is 38.5 Å². The van der Waals surface area contributed by atoms with E-state index < -0.39 is 50.1 Å². The van der Waals surface area contributed by atoms with Crippen LogP contribution >= 0.6 is 30.9 Å². The van der Waals surface area contributed by atoms with Gasteiger partial charge in [-0.3, -0.25) is 23.7 Å². The molecule has 0 saturated carbocycles. The smallest absolute Gasteiger partial charge is 0.459 e. The number of hydrogen-bond donors (Lipinski definition) is 2. The number of unbranched alkanes of at least 4 members (excludes halogenated alkanes) is 1. The highest BCUT2D eigenvalue weighted by Crippen LogP contribution is 2.47. The molecule has 1 aromatic heterocycles. The highest BCUT2D eigenvalue weighted by molar-refractivity contribution is 7.52. The number of ether oxygens (including phenoxy) is 3. The molecule has 0 radical (unpaired) electrons. The molecule has 2 N–H and O–H groups in total. The van der Waals surface area contributed by atoms with E-state index in [1.54, 1.807) is 6.92 Å². The Labute approximate surface area is 222 Å². The van der Waals surface area contributed by atoms with Gasteiger partial charge in [0.15, 0.2) is 12.5 Å². The van der Waals surface area contributed by atoms with Crippen LogP contribution < -0.4 is 20.9 Å². The summed E-state index contributed by atoms with van der Waals surface area (Å²) in [5.41, 5.74) is -0.869. The van der Waals surface area contributed by atoms with Gasteiger partial charge in [-0.2, -0.15) is 5.09 Å². The van der Waals surface area contributed by atoms with Gasteiger partial charge < -0.3 is 18.7 Å². The number of aryl methyl sites for hydroxylation is 1. The van der Waals surface area contributed by atoms with Crippen molar-refractivity contribution in [2.75, 3.05) is 19.8 Å². The minimum Gasteiger partial charge on any atom is -0.465 e. The molecule has 2 aromatic rings. The van der Waals surface area contributed by atoms with Crippen molar-refractivity contribution in [1.82, 2.24) is 14.6 Å². The third-order valence-corrected chi connectivity index (χ3v) is 7.29. The monoisotopic (exact) mass is 579 g/mol. The molecule has 12 nitrogen and oxygen atoms in total. The third kappa shape index (κ3) is 8.15. The zero-order chi connectivity index (χ0) is 27.2. The maximum atomic E-state index is 13.6. The first kappa shape index (κ1) is 29.4. The van der Waals surface area contributed by atoms with Crippen molar-refractivity contribution in [3.63, 3.8) is 0 Å². The summed E-state index contributed by atoms with van der Waals surface area (Å²) < 4.78 is 42.3. The second-order valence-corrected chi connectivity index (χ2v) is 10.7. The number of nitrogens with zero attached hydrogens (tertiary/aromatic N) is 1. The van der Waals surface area contributed by atoms with Crippen LogP contribution in [0.25, 0.3) is 0 Å². The molecule has 204 valence electrons. The van der Waals surface area contributed by atoms with Crippen LogP contribution in [-0.2, 0) is 28.1 Å². The Kier molecular flexibility index (Phi) is 10.4. The van der Waals surface area contributed by atoms with Gasteiger partial charge in [0.05, 0.1) is 18.2 Å². The van der Waals surface area contributed by atoms with Gasteiger partial charge in [-0.15, -0.1) is 0 Å². The largest absolute Gasteiger partial charge is 0.465 e. The molecule has 3 rings (SSSR count). The van der Waals surface area contributed by atoms with Crippen LogP contribution in [0.5, 0.6) is 5.75 Å². The summed E-state index contributed by atoms with van der Waals surface area (Å²) in [5.74, 6) is -0.654. The first-order chi connectivity index (χ1) is 17.5. The second-order valence-electron chi connectivity index (χ2n) is 8.16. The van der Waals surface area contributed by atoms with Crippen LogP contribution in [-0.4, -0.2) is 47.7 Å². The number of aromatic nitrogens is 2. The summed E-state index contributed by atoms with van der Waals surface area (Å²) in [5, 5.41) is 2.94. The second kappa shape index (κ2) is 13.1. The molecule has 0 aliphatic carbocycles. The van der Waals surface area contributed by atoms with Crippen LogP contribution in [0.1, 0.15) is 38.5 Å². The molecular formula is C22H28Cl2N3O9P. The molecule has 4 atom stereocenters. The molecule has 1 saturated heterocycles. The number of aromatic amines is 1. The number of H-pyrrole nitrogens is 1. The van der Waals surface area contributed by atoms with E-state index in [1.807, 2.05) is 6.92 Å². The van der Waals surface area contributed by atoms with Crippen molar-refractivity contribution < 1.29 is 32.6 Å². The molecule has 15 heteroatoms. The van der Waals surface area contributed by atoms with Crippen LogP contribution in [0.2, 0.25) is 10.0 Å². The van der Waals surface area contributed by atoms with Crippen molar-refractivity contribution in [1.29, 1.82) is 0 Å². The number of halogens is 2. The summed E-state index contributed by atoms with van der Waals surface area (Å²) in [4.78, 5) is 38.3. The fraction of sp³-hybridized carbons (Fsp3) is 0.500. The molecule has 37 heavy (non-hydrogen) atoms. The van der Waals surface area contributed by atoms with E-state index in [2.05, 4.69) is 10.1 Å². The molecule has 2 heterocycles. The quantitative estimate of drug-likeness (QED) is 0.217. The van der Waals surface area contributed by atoms with Gasteiger partial charge in [0, 0.05) is 16.8 Å². The van der Waals surface area contributed by atoms with Crippen molar-refractivity contribution in [2.45, 2.75) is 52.2 Å². The number of rotatable bonds is 12. The van der Waals surface area contributed by atoms with Crippen molar-refractivity contribution in [3.05, 3.63) is 60.8 Å². The Morgan fingerprint density at radius 3 is 2.81 bits per heavy atom. The molecule has 1 aromatic carbocycles. The van der Waals surface area contributed by atoms with Crippen molar-refractivity contribution in [3.8, 4) is 5.75 Å². The molecule has 1 unspecified atom stereocenters. The first-order valence-corrected chi connectivity index (χ1v) is 13.7. The average molecular weight is 580 g/mol.